The number of amides is 1. The Balaban J connectivity index is 2.35. The number of allylic oxidation sites excluding steroid dienone is 1. The second-order valence-electron chi connectivity index (χ2n) is 4.53. The largest absolute Gasteiger partial charge is 0.353 e. The van der Waals surface area contributed by atoms with E-state index in [9.17, 15) is 4.79 Å². The van der Waals surface area contributed by atoms with Crippen LogP contribution in [0.2, 0.25) is 0 Å². The first-order valence-corrected chi connectivity index (χ1v) is 6.14. The summed E-state index contributed by atoms with van der Waals surface area (Å²) >= 11 is 0. The van der Waals surface area contributed by atoms with E-state index in [2.05, 4.69) is 25.7 Å². The van der Waals surface area contributed by atoms with Gasteiger partial charge < -0.3 is 5.32 Å². The summed E-state index contributed by atoms with van der Waals surface area (Å²) in [5.74, 6) is 1.06. The van der Waals surface area contributed by atoms with Crippen LogP contribution >= 0.6 is 0 Å². The van der Waals surface area contributed by atoms with Gasteiger partial charge in [0.25, 0.3) is 0 Å². The molecule has 0 spiro atoms. The van der Waals surface area contributed by atoms with Crippen molar-refractivity contribution in [3.63, 3.8) is 0 Å². The molecule has 2 nitrogen and oxygen atoms in total. The molecule has 1 fully saturated rings. The Morgan fingerprint density at radius 3 is 2.60 bits per heavy atom. The number of carbonyl (C=O) groups excluding carboxylic acids is 1. The average molecular weight is 209 g/mol. The molecule has 0 bridgehead atoms. The second kappa shape index (κ2) is 5.94. The topological polar surface area (TPSA) is 29.1 Å². The number of hydrogen-bond acceptors (Lipinski definition) is 1. The van der Waals surface area contributed by atoms with Crippen molar-refractivity contribution in [1.29, 1.82) is 0 Å². The third-order valence-electron chi connectivity index (χ3n) is 3.51. The molecule has 0 heterocycles. The van der Waals surface area contributed by atoms with E-state index in [1.807, 2.05) is 6.08 Å². The van der Waals surface area contributed by atoms with Crippen molar-refractivity contribution in [1.82, 2.24) is 5.32 Å². The number of rotatable bonds is 5. The summed E-state index contributed by atoms with van der Waals surface area (Å²) in [7, 11) is 0. The fraction of sp³-hybridized carbons (Fsp3) is 0.769. The third-order valence-corrected chi connectivity index (χ3v) is 3.51. The van der Waals surface area contributed by atoms with Crippen LogP contribution in [0.4, 0.5) is 0 Å². The minimum absolute atomic E-state index is 0.202. The van der Waals surface area contributed by atoms with Gasteiger partial charge in [-0.3, -0.25) is 4.79 Å². The van der Waals surface area contributed by atoms with Crippen molar-refractivity contribution in [2.75, 3.05) is 0 Å². The molecule has 0 aromatic heterocycles. The first kappa shape index (κ1) is 12.3. The lowest BCUT2D eigenvalue weighted by molar-refractivity contribution is -0.125. The maximum absolute atomic E-state index is 11.8. The van der Waals surface area contributed by atoms with Crippen LogP contribution < -0.4 is 5.32 Å². The molecule has 15 heavy (non-hydrogen) atoms. The molecule has 0 saturated heterocycles. The lowest BCUT2D eigenvalue weighted by atomic mass is 10.0. The summed E-state index contributed by atoms with van der Waals surface area (Å²) in [5.41, 5.74) is 0. The zero-order valence-corrected chi connectivity index (χ0v) is 9.96. The van der Waals surface area contributed by atoms with Crippen LogP contribution in [0.25, 0.3) is 0 Å². The SMILES string of the molecule is C=CC1CCC(NC(=O)C(CC)CC)C1. The average Bonchev–Trinajstić information content (AvgIpc) is 2.67. The normalized spacial score (nSPS) is 25.5. The van der Waals surface area contributed by atoms with Crippen molar-refractivity contribution in [3.05, 3.63) is 12.7 Å². The van der Waals surface area contributed by atoms with Gasteiger partial charge in [0.15, 0.2) is 0 Å². The highest BCUT2D eigenvalue weighted by atomic mass is 16.1. The molecule has 2 heteroatoms. The quantitative estimate of drug-likeness (QED) is 0.693. The highest BCUT2D eigenvalue weighted by molar-refractivity contribution is 5.78. The Kier molecular flexibility index (Phi) is 4.86. The van der Waals surface area contributed by atoms with Crippen LogP contribution in [-0.2, 0) is 4.79 Å². The van der Waals surface area contributed by atoms with E-state index in [0.29, 0.717) is 12.0 Å². The Hall–Kier alpha value is -0.790. The number of hydrogen-bond donors (Lipinski definition) is 1. The summed E-state index contributed by atoms with van der Waals surface area (Å²) in [6.07, 6.45) is 7.28. The van der Waals surface area contributed by atoms with E-state index in [4.69, 9.17) is 0 Å². The Morgan fingerprint density at radius 1 is 1.47 bits per heavy atom. The van der Waals surface area contributed by atoms with Crippen LogP contribution in [0.1, 0.15) is 46.0 Å². The fourth-order valence-corrected chi connectivity index (χ4v) is 2.34. The minimum Gasteiger partial charge on any atom is -0.353 e. The van der Waals surface area contributed by atoms with Gasteiger partial charge in [-0.1, -0.05) is 19.9 Å². The fourth-order valence-electron chi connectivity index (χ4n) is 2.34. The van der Waals surface area contributed by atoms with E-state index in [-0.39, 0.29) is 11.8 Å². The van der Waals surface area contributed by atoms with Gasteiger partial charge in [0, 0.05) is 12.0 Å². The maximum Gasteiger partial charge on any atom is 0.223 e. The molecule has 1 saturated carbocycles. The molecule has 0 radical (unpaired) electrons. The second-order valence-corrected chi connectivity index (χ2v) is 4.53. The zero-order chi connectivity index (χ0) is 11.3. The van der Waals surface area contributed by atoms with Gasteiger partial charge in [0.1, 0.15) is 0 Å². The van der Waals surface area contributed by atoms with Crippen LogP contribution in [0.3, 0.4) is 0 Å². The molecule has 1 aliphatic rings. The smallest absolute Gasteiger partial charge is 0.223 e. The summed E-state index contributed by atoms with van der Waals surface area (Å²) in [6, 6.07) is 0.390. The summed E-state index contributed by atoms with van der Waals surface area (Å²) in [6.45, 7) is 7.97. The van der Waals surface area contributed by atoms with Crippen molar-refractivity contribution >= 4 is 5.91 Å². The highest BCUT2D eigenvalue weighted by Gasteiger charge is 2.25. The summed E-state index contributed by atoms with van der Waals surface area (Å²) in [5, 5.41) is 3.16. The Morgan fingerprint density at radius 2 is 2.13 bits per heavy atom. The van der Waals surface area contributed by atoms with Gasteiger partial charge in [-0.25, -0.2) is 0 Å². The lowest BCUT2D eigenvalue weighted by Crippen LogP contribution is -2.37. The zero-order valence-electron chi connectivity index (χ0n) is 9.96. The predicted molar refractivity (Wildman–Crippen MR) is 63.5 cm³/mol. The van der Waals surface area contributed by atoms with Gasteiger partial charge in [-0.05, 0) is 38.0 Å². The third kappa shape index (κ3) is 3.37. The molecule has 0 aromatic carbocycles. The van der Waals surface area contributed by atoms with Crippen molar-refractivity contribution in [2.24, 2.45) is 11.8 Å². The van der Waals surface area contributed by atoms with Gasteiger partial charge in [-0.2, -0.15) is 0 Å². The first-order chi connectivity index (χ1) is 7.21. The van der Waals surface area contributed by atoms with Crippen LogP contribution in [-0.4, -0.2) is 11.9 Å². The molecule has 86 valence electrons. The van der Waals surface area contributed by atoms with Gasteiger partial charge in [0.2, 0.25) is 5.91 Å². The van der Waals surface area contributed by atoms with Crippen LogP contribution in [0.15, 0.2) is 12.7 Å². The highest BCUT2D eigenvalue weighted by Crippen LogP contribution is 2.26. The van der Waals surface area contributed by atoms with E-state index in [1.165, 1.54) is 6.42 Å². The van der Waals surface area contributed by atoms with Crippen molar-refractivity contribution < 1.29 is 4.79 Å². The van der Waals surface area contributed by atoms with Gasteiger partial charge in [0.05, 0.1) is 0 Å². The molecule has 1 N–H and O–H groups in total. The molecule has 1 amide bonds. The molecule has 0 aromatic rings. The van der Waals surface area contributed by atoms with E-state index < -0.39 is 0 Å². The Bertz CT molecular complexity index is 221. The molecule has 0 aliphatic heterocycles. The van der Waals surface area contributed by atoms with E-state index >= 15 is 0 Å². The molecule has 1 rings (SSSR count). The lowest BCUT2D eigenvalue weighted by Gasteiger charge is -2.17. The minimum atomic E-state index is 0.202. The monoisotopic (exact) mass is 209 g/mol. The molecule has 1 aliphatic carbocycles. The summed E-state index contributed by atoms with van der Waals surface area (Å²) < 4.78 is 0. The number of carbonyl (C=O) groups is 1. The predicted octanol–water partition coefficient (Wildman–Crippen LogP) is 2.89. The summed E-state index contributed by atoms with van der Waals surface area (Å²) in [4.78, 5) is 11.8. The Labute approximate surface area is 93.1 Å². The van der Waals surface area contributed by atoms with Gasteiger partial charge >= 0.3 is 0 Å². The first-order valence-electron chi connectivity index (χ1n) is 6.14. The van der Waals surface area contributed by atoms with E-state index in [0.717, 1.165) is 25.7 Å². The maximum atomic E-state index is 11.8. The van der Waals surface area contributed by atoms with Crippen LogP contribution in [0, 0.1) is 11.8 Å². The van der Waals surface area contributed by atoms with E-state index in [1.54, 1.807) is 0 Å². The standard InChI is InChI=1S/C13H23NO/c1-4-10-7-8-12(9-10)14-13(15)11(5-2)6-3/h4,10-12H,1,5-9H2,2-3H3,(H,14,15). The number of nitrogens with one attached hydrogen (secondary N) is 1. The van der Waals surface area contributed by atoms with Crippen molar-refractivity contribution in [3.8, 4) is 0 Å². The van der Waals surface area contributed by atoms with Crippen molar-refractivity contribution in [2.45, 2.75) is 52.0 Å². The molecule has 2 unspecified atom stereocenters. The van der Waals surface area contributed by atoms with Crippen LogP contribution in [0.5, 0.6) is 0 Å². The molecular formula is C13H23NO. The molecule has 2 atom stereocenters. The van der Waals surface area contributed by atoms with Gasteiger partial charge in [-0.15, -0.1) is 6.58 Å². The molecular weight excluding hydrogens is 186 g/mol.